The maximum atomic E-state index is 5.52. The van der Waals surface area contributed by atoms with Gasteiger partial charge in [0.05, 0.1) is 24.6 Å². The maximum Gasteiger partial charge on any atom is 0.229 e. The molecule has 0 aliphatic carbocycles. The summed E-state index contributed by atoms with van der Waals surface area (Å²) >= 11 is 0. The molecule has 4 rings (SSSR count). The highest BCUT2D eigenvalue weighted by Gasteiger charge is 2.29. The number of fused-ring (bicyclic) bond motifs is 1. The molecule has 0 aromatic carbocycles. The van der Waals surface area contributed by atoms with Gasteiger partial charge in [0, 0.05) is 25.3 Å². The van der Waals surface area contributed by atoms with Crippen molar-refractivity contribution >= 4 is 22.8 Å². The van der Waals surface area contributed by atoms with Crippen molar-refractivity contribution < 1.29 is 4.74 Å². The number of hydrogen-bond acceptors (Lipinski definition) is 6. The van der Waals surface area contributed by atoms with Crippen molar-refractivity contribution in [2.24, 2.45) is 0 Å². The molecular weight excluding hydrogens is 278 g/mol. The minimum absolute atomic E-state index is 0.288. The molecule has 2 aromatic rings. The number of ether oxygens (including phenoxy) is 1. The third-order valence-corrected chi connectivity index (χ3v) is 4.66. The van der Waals surface area contributed by atoms with Gasteiger partial charge in [0.2, 0.25) is 5.95 Å². The van der Waals surface area contributed by atoms with Crippen molar-refractivity contribution in [3.05, 3.63) is 18.3 Å². The Kier molecular flexibility index (Phi) is 3.33. The Morgan fingerprint density at radius 3 is 2.77 bits per heavy atom. The Bertz CT molecular complexity index is 691. The number of anilines is 2. The molecule has 0 saturated carbocycles. The van der Waals surface area contributed by atoms with Crippen LogP contribution in [0.1, 0.15) is 20.3 Å². The van der Waals surface area contributed by atoms with Gasteiger partial charge in [-0.1, -0.05) is 0 Å². The second-order valence-electron chi connectivity index (χ2n) is 6.17. The lowest BCUT2D eigenvalue weighted by molar-refractivity contribution is 0.0981. The summed E-state index contributed by atoms with van der Waals surface area (Å²) in [5, 5.41) is 1.04. The van der Waals surface area contributed by atoms with Crippen LogP contribution in [-0.2, 0) is 4.74 Å². The third kappa shape index (κ3) is 2.18. The minimum atomic E-state index is 0.288. The van der Waals surface area contributed by atoms with Gasteiger partial charge in [0.1, 0.15) is 5.82 Å². The fourth-order valence-corrected chi connectivity index (χ4v) is 3.14. The first-order chi connectivity index (χ1) is 10.7. The maximum absolute atomic E-state index is 5.52. The molecule has 0 N–H and O–H groups in total. The van der Waals surface area contributed by atoms with E-state index in [0.29, 0.717) is 6.04 Å². The number of pyridine rings is 1. The fourth-order valence-electron chi connectivity index (χ4n) is 3.14. The highest BCUT2D eigenvalue weighted by molar-refractivity contribution is 5.88. The van der Waals surface area contributed by atoms with Crippen LogP contribution in [0.25, 0.3) is 11.0 Å². The van der Waals surface area contributed by atoms with Crippen LogP contribution in [-0.4, -0.2) is 53.3 Å². The van der Waals surface area contributed by atoms with Crippen LogP contribution >= 0.6 is 0 Å². The van der Waals surface area contributed by atoms with Crippen LogP contribution < -0.4 is 9.80 Å². The number of hydrogen-bond donors (Lipinski definition) is 0. The van der Waals surface area contributed by atoms with Gasteiger partial charge in [-0.15, -0.1) is 0 Å². The Morgan fingerprint density at radius 2 is 2.05 bits per heavy atom. The molecule has 0 spiro atoms. The molecule has 116 valence electrons. The molecular formula is C16H21N5O. The van der Waals surface area contributed by atoms with E-state index in [4.69, 9.17) is 14.7 Å². The predicted octanol–water partition coefficient (Wildman–Crippen LogP) is 1.85. The average molecular weight is 299 g/mol. The molecule has 2 aliphatic rings. The van der Waals surface area contributed by atoms with E-state index in [-0.39, 0.29) is 6.04 Å². The number of rotatable bonds is 2. The van der Waals surface area contributed by atoms with Crippen LogP contribution in [0.15, 0.2) is 18.3 Å². The second kappa shape index (κ2) is 5.35. The van der Waals surface area contributed by atoms with Crippen molar-refractivity contribution in [3.63, 3.8) is 0 Å². The molecule has 1 unspecified atom stereocenters. The van der Waals surface area contributed by atoms with Gasteiger partial charge in [0.15, 0.2) is 5.65 Å². The monoisotopic (exact) mass is 299 g/mol. The summed E-state index contributed by atoms with van der Waals surface area (Å²) < 4.78 is 5.52. The Morgan fingerprint density at radius 1 is 1.14 bits per heavy atom. The van der Waals surface area contributed by atoms with E-state index in [9.17, 15) is 0 Å². The SMILES string of the molecule is CC1CCN1c1nc(N2CCOC[C@@H]2C)nc2ncccc12. The number of nitrogens with zero attached hydrogens (tertiary/aromatic N) is 5. The van der Waals surface area contributed by atoms with E-state index < -0.39 is 0 Å². The van der Waals surface area contributed by atoms with Gasteiger partial charge in [-0.3, -0.25) is 0 Å². The summed E-state index contributed by atoms with van der Waals surface area (Å²) in [5.74, 6) is 1.79. The highest BCUT2D eigenvalue weighted by Crippen LogP contribution is 2.32. The quantitative estimate of drug-likeness (QED) is 0.843. The molecule has 22 heavy (non-hydrogen) atoms. The van der Waals surface area contributed by atoms with Crippen LogP contribution in [0, 0.1) is 0 Å². The molecule has 2 atom stereocenters. The van der Waals surface area contributed by atoms with Crippen LogP contribution in [0.4, 0.5) is 11.8 Å². The second-order valence-corrected chi connectivity index (χ2v) is 6.17. The summed E-state index contributed by atoms with van der Waals surface area (Å²) in [5.41, 5.74) is 0.778. The largest absolute Gasteiger partial charge is 0.377 e. The molecule has 2 saturated heterocycles. The van der Waals surface area contributed by atoms with Gasteiger partial charge in [-0.05, 0) is 32.4 Å². The summed E-state index contributed by atoms with van der Waals surface area (Å²) in [6, 6.07) is 4.84. The Balaban J connectivity index is 1.82. The van der Waals surface area contributed by atoms with E-state index in [1.165, 1.54) is 6.42 Å². The first-order valence-corrected chi connectivity index (χ1v) is 7.98. The third-order valence-electron chi connectivity index (χ3n) is 4.66. The van der Waals surface area contributed by atoms with Crippen molar-refractivity contribution in [1.82, 2.24) is 15.0 Å². The Labute approximate surface area is 130 Å². The molecule has 0 amide bonds. The van der Waals surface area contributed by atoms with Gasteiger partial charge >= 0.3 is 0 Å². The van der Waals surface area contributed by atoms with Crippen molar-refractivity contribution in [3.8, 4) is 0 Å². The smallest absolute Gasteiger partial charge is 0.229 e. The lowest BCUT2D eigenvalue weighted by Crippen LogP contribution is -2.47. The van der Waals surface area contributed by atoms with Gasteiger partial charge < -0.3 is 14.5 Å². The molecule has 2 fully saturated rings. The van der Waals surface area contributed by atoms with Crippen LogP contribution in [0.3, 0.4) is 0 Å². The summed E-state index contributed by atoms with van der Waals surface area (Å²) in [6.07, 6.45) is 3.01. The normalized spacial score (nSPS) is 25.4. The summed E-state index contributed by atoms with van der Waals surface area (Å²) in [6.45, 7) is 7.72. The minimum Gasteiger partial charge on any atom is -0.377 e. The molecule has 2 aliphatic heterocycles. The van der Waals surface area contributed by atoms with E-state index in [0.717, 1.165) is 49.1 Å². The van der Waals surface area contributed by atoms with E-state index >= 15 is 0 Å². The Hall–Kier alpha value is -1.95. The summed E-state index contributed by atoms with van der Waals surface area (Å²) in [7, 11) is 0. The fraction of sp³-hybridized carbons (Fsp3) is 0.562. The lowest BCUT2D eigenvalue weighted by atomic mass is 10.1. The number of morpholine rings is 1. The van der Waals surface area contributed by atoms with Gasteiger partial charge in [-0.2, -0.15) is 9.97 Å². The van der Waals surface area contributed by atoms with Gasteiger partial charge in [0.25, 0.3) is 0 Å². The van der Waals surface area contributed by atoms with Crippen LogP contribution in [0.2, 0.25) is 0 Å². The van der Waals surface area contributed by atoms with Crippen molar-refractivity contribution in [2.45, 2.75) is 32.4 Å². The predicted molar refractivity (Wildman–Crippen MR) is 86.4 cm³/mol. The van der Waals surface area contributed by atoms with E-state index in [1.54, 1.807) is 6.20 Å². The van der Waals surface area contributed by atoms with Crippen LogP contribution in [0.5, 0.6) is 0 Å². The topological polar surface area (TPSA) is 54.4 Å². The molecule has 6 nitrogen and oxygen atoms in total. The van der Waals surface area contributed by atoms with E-state index in [1.807, 2.05) is 6.07 Å². The zero-order valence-corrected chi connectivity index (χ0v) is 13.1. The molecule has 6 heteroatoms. The molecule has 2 aromatic heterocycles. The lowest BCUT2D eigenvalue weighted by Gasteiger charge is -2.41. The van der Waals surface area contributed by atoms with Crippen molar-refractivity contribution in [1.29, 1.82) is 0 Å². The summed E-state index contributed by atoms with van der Waals surface area (Å²) in [4.78, 5) is 18.6. The van der Waals surface area contributed by atoms with E-state index in [2.05, 4.69) is 34.7 Å². The number of aromatic nitrogens is 3. The molecule has 0 radical (unpaired) electrons. The first-order valence-electron chi connectivity index (χ1n) is 7.98. The highest BCUT2D eigenvalue weighted by atomic mass is 16.5. The zero-order valence-electron chi connectivity index (χ0n) is 13.1. The molecule has 4 heterocycles. The standard InChI is InChI=1S/C16H21N5O/c1-11-5-7-20(11)15-13-4-3-6-17-14(13)18-16(19-15)21-8-9-22-10-12(21)2/h3-4,6,11-12H,5,7-10H2,1-2H3/t11?,12-/m0/s1. The average Bonchev–Trinajstić information content (AvgIpc) is 2.54. The molecule has 0 bridgehead atoms. The first kappa shape index (κ1) is 13.7. The zero-order chi connectivity index (χ0) is 15.1. The van der Waals surface area contributed by atoms with Crippen molar-refractivity contribution in [2.75, 3.05) is 36.1 Å². The van der Waals surface area contributed by atoms with Gasteiger partial charge in [-0.25, -0.2) is 4.98 Å².